The first-order valence-corrected chi connectivity index (χ1v) is 9.75. The Morgan fingerprint density at radius 1 is 1.09 bits per heavy atom. The number of nitrogens with two attached hydrogens (primary N) is 4. The van der Waals surface area contributed by atoms with Crippen molar-refractivity contribution in [2.24, 2.45) is 22.2 Å². The molecule has 0 saturated heterocycles. The number of aryl methyl sites for hydroxylation is 1. The van der Waals surface area contributed by atoms with Gasteiger partial charge in [-0.05, 0) is 37.3 Å². The number of aliphatic imine (C=N–C) groups is 1. The van der Waals surface area contributed by atoms with Crippen molar-refractivity contribution in [1.82, 2.24) is 19.9 Å². The van der Waals surface area contributed by atoms with Gasteiger partial charge in [-0.3, -0.25) is 11.1 Å². The van der Waals surface area contributed by atoms with Crippen LogP contribution in [0.5, 0.6) is 23.4 Å². The number of guanidine groups is 1. The van der Waals surface area contributed by atoms with Gasteiger partial charge < -0.3 is 31.0 Å². The molecule has 2 aromatic heterocycles. The van der Waals surface area contributed by atoms with Gasteiger partial charge in [0.1, 0.15) is 28.4 Å². The van der Waals surface area contributed by atoms with E-state index in [2.05, 4.69) is 24.9 Å². The normalized spacial score (nSPS) is 10.6. The largest absolute Gasteiger partial charge is 0.478 e. The van der Waals surface area contributed by atoms with Crippen molar-refractivity contribution in [3.8, 4) is 23.4 Å². The van der Waals surface area contributed by atoms with Crippen molar-refractivity contribution in [3.63, 3.8) is 0 Å². The van der Waals surface area contributed by atoms with E-state index in [-0.39, 0.29) is 40.6 Å². The maximum Gasteiger partial charge on any atom is 0.339 e. The summed E-state index contributed by atoms with van der Waals surface area (Å²) in [4.78, 5) is 31.6. The maximum atomic E-state index is 11.7. The number of nitrogens with one attached hydrogen (secondary N) is 1. The van der Waals surface area contributed by atoms with E-state index >= 15 is 0 Å². The fourth-order valence-corrected chi connectivity index (χ4v) is 3.03. The molecule has 13 nitrogen and oxygen atoms in total. The quantitative estimate of drug-likeness (QED) is 0.163. The number of carboxylic acid groups (broad SMARTS) is 1. The smallest absolute Gasteiger partial charge is 0.339 e. The van der Waals surface area contributed by atoms with Crippen LogP contribution in [0, 0.1) is 6.92 Å². The highest BCUT2D eigenvalue weighted by atomic mass is 16.5. The molecule has 10 N–H and O–H groups in total. The number of aromatic carboxylic acids is 1. The molecule has 0 aliphatic carbocycles. The van der Waals surface area contributed by atoms with E-state index in [0.29, 0.717) is 28.3 Å². The van der Waals surface area contributed by atoms with E-state index in [9.17, 15) is 9.90 Å². The van der Waals surface area contributed by atoms with Crippen molar-refractivity contribution in [3.05, 3.63) is 59.4 Å². The highest BCUT2D eigenvalue weighted by Gasteiger charge is 2.20. The molecule has 172 valence electrons. The zero-order valence-corrected chi connectivity index (χ0v) is 17.8. The van der Waals surface area contributed by atoms with Gasteiger partial charge >= 0.3 is 12.0 Å². The van der Waals surface area contributed by atoms with Crippen LogP contribution in [-0.2, 0) is 0 Å². The van der Waals surface area contributed by atoms with Crippen LogP contribution in [0.2, 0.25) is 0 Å². The molecule has 2 aromatic carbocycles. The van der Waals surface area contributed by atoms with Crippen molar-refractivity contribution in [2.45, 2.75) is 6.92 Å². The highest BCUT2D eigenvalue weighted by molar-refractivity contribution is 5.97. The summed E-state index contributed by atoms with van der Waals surface area (Å²) in [5.74, 6) is -0.494. The molecule has 0 atom stereocenters. The SMILES string of the molecule is Cc1nc2nc(Oc3cccc(N=C(N)N)c3)nc(Oc3cc(C(N)=[NH2+])ccc3C(=O)O)c2[nH]1. The minimum absolute atomic E-state index is 0.00307. The summed E-state index contributed by atoms with van der Waals surface area (Å²) in [7, 11) is 0. The zero-order valence-electron chi connectivity index (χ0n) is 17.8. The summed E-state index contributed by atoms with van der Waals surface area (Å²) in [5.41, 5.74) is 17.8. The van der Waals surface area contributed by atoms with E-state index in [1.807, 2.05) is 0 Å². The van der Waals surface area contributed by atoms with Crippen molar-refractivity contribution in [2.75, 3.05) is 0 Å². The standard InChI is InChI=1S/C21H19N9O4/c1-9-26-15-17(27-9)29-21(33-12-4-2-3-11(8-12)28-20(24)25)30-18(15)34-14-7-10(16(22)23)5-6-13(14)19(31)32/h2-8H,1H3,(H3,22,23)(H,31,32)(H4,24,25,28)(H,26,27,29,30)/p+1. The number of fused-ring (bicyclic) bond motifs is 1. The third-order valence-electron chi connectivity index (χ3n) is 4.45. The number of carbonyl (C=O) groups is 1. The van der Waals surface area contributed by atoms with Crippen LogP contribution in [0.1, 0.15) is 21.7 Å². The topological polar surface area (TPSA) is 226 Å². The average molecular weight is 462 g/mol. The molecule has 0 fully saturated rings. The van der Waals surface area contributed by atoms with Gasteiger partial charge in [-0.25, -0.2) is 14.8 Å². The molecule has 0 spiro atoms. The number of aromatic amines is 1. The lowest BCUT2D eigenvalue weighted by Gasteiger charge is -2.11. The van der Waals surface area contributed by atoms with E-state index < -0.39 is 5.97 Å². The number of imidazole rings is 1. The van der Waals surface area contributed by atoms with Gasteiger partial charge in [-0.1, -0.05) is 6.07 Å². The Morgan fingerprint density at radius 3 is 2.59 bits per heavy atom. The summed E-state index contributed by atoms with van der Waals surface area (Å²) < 4.78 is 11.6. The number of amidine groups is 1. The monoisotopic (exact) mass is 462 g/mol. The maximum absolute atomic E-state index is 11.7. The molecule has 13 heteroatoms. The lowest BCUT2D eigenvalue weighted by Crippen LogP contribution is -2.46. The van der Waals surface area contributed by atoms with E-state index in [4.69, 9.17) is 32.1 Å². The van der Waals surface area contributed by atoms with Crippen LogP contribution in [0.15, 0.2) is 47.5 Å². The predicted octanol–water partition coefficient (Wildman–Crippen LogP) is 0.313. The Morgan fingerprint density at radius 2 is 1.88 bits per heavy atom. The zero-order chi connectivity index (χ0) is 24.4. The van der Waals surface area contributed by atoms with Crippen LogP contribution in [0.25, 0.3) is 11.2 Å². The number of carboxylic acids is 1. The van der Waals surface area contributed by atoms with Crippen molar-refractivity contribution in [1.29, 1.82) is 0 Å². The molecule has 4 aromatic rings. The van der Waals surface area contributed by atoms with Crippen LogP contribution in [0.3, 0.4) is 0 Å². The second-order valence-corrected chi connectivity index (χ2v) is 7.04. The van der Waals surface area contributed by atoms with Crippen LogP contribution in [0.4, 0.5) is 5.69 Å². The molecule has 0 radical (unpaired) electrons. The van der Waals surface area contributed by atoms with Crippen LogP contribution >= 0.6 is 0 Å². The minimum atomic E-state index is -1.21. The summed E-state index contributed by atoms with van der Waals surface area (Å²) >= 11 is 0. The number of rotatable bonds is 7. The molecule has 0 aliphatic heterocycles. The first kappa shape index (κ1) is 22.0. The molecule has 0 amide bonds. The second kappa shape index (κ2) is 8.74. The van der Waals surface area contributed by atoms with E-state index in [1.54, 1.807) is 31.2 Å². The summed E-state index contributed by atoms with van der Waals surface area (Å²) in [6, 6.07) is 10.7. The highest BCUT2D eigenvalue weighted by Crippen LogP contribution is 2.32. The molecular weight excluding hydrogens is 442 g/mol. The number of H-pyrrole nitrogens is 1. The predicted molar refractivity (Wildman–Crippen MR) is 122 cm³/mol. The van der Waals surface area contributed by atoms with Gasteiger partial charge in [-0.15, -0.1) is 0 Å². The molecule has 4 rings (SSSR count). The lowest BCUT2D eigenvalue weighted by atomic mass is 10.1. The summed E-state index contributed by atoms with van der Waals surface area (Å²) in [5, 5.41) is 15.2. The molecule has 0 bridgehead atoms. The summed E-state index contributed by atoms with van der Waals surface area (Å²) in [6.45, 7) is 1.72. The fourth-order valence-electron chi connectivity index (χ4n) is 3.03. The van der Waals surface area contributed by atoms with Crippen LogP contribution in [-0.4, -0.2) is 42.8 Å². The second-order valence-electron chi connectivity index (χ2n) is 7.04. The van der Waals surface area contributed by atoms with Crippen molar-refractivity contribution >= 4 is 34.6 Å². The van der Waals surface area contributed by atoms with E-state index in [1.165, 1.54) is 18.2 Å². The first-order chi connectivity index (χ1) is 16.2. The summed E-state index contributed by atoms with van der Waals surface area (Å²) in [6.07, 6.45) is 0. The van der Waals surface area contributed by atoms with Gasteiger partial charge in [0.2, 0.25) is 0 Å². The number of hydrogen-bond donors (Lipinski definition) is 6. The van der Waals surface area contributed by atoms with Crippen LogP contribution < -0.4 is 32.1 Å². The number of hydrogen-bond acceptors (Lipinski definition) is 7. The minimum Gasteiger partial charge on any atom is -0.478 e. The lowest BCUT2D eigenvalue weighted by molar-refractivity contribution is -0.114. The first-order valence-electron chi connectivity index (χ1n) is 9.75. The Labute approximate surface area is 191 Å². The van der Waals surface area contributed by atoms with Crippen molar-refractivity contribution < 1.29 is 24.8 Å². The number of benzene rings is 2. The Kier molecular flexibility index (Phi) is 5.66. The Balaban J connectivity index is 1.77. The van der Waals surface area contributed by atoms with Gasteiger partial charge in [0, 0.05) is 6.07 Å². The number of aromatic nitrogens is 4. The number of nitrogens with zero attached hydrogens (tertiary/aromatic N) is 4. The van der Waals surface area contributed by atoms with Gasteiger partial charge in [-0.2, -0.15) is 9.97 Å². The molecule has 0 unspecified atom stereocenters. The Hall–Kier alpha value is -5.20. The molecule has 0 saturated carbocycles. The van der Waals surface area contributed by atoms with Gasteiger partial charge in [0.05, 0.1) is 11.3 Å². The molecule has 34 heavy (non-hydrogen) atoms. The van der Waals surface area contributed by atoms with E-state index in [0.717, 1.165) is 0 Å². The molecule has 2 heterocycles. The third kappa shape index (κ3) is 4.67. The molecule has 0 aliphatic rings. The van der Waals surface area contributed by atoms with Gasteiger partial charge in [0.15, 0.2) is 11.6 Å². The third-order valence-corrected chi connectivity index (χ3v) is 4.45. The number of ether oxygens (including phenoxy) is 2. The molecular formula is C21H20N9O4+. The fraction of sp³-hybridized carbons (Fsp3) is 0.0476. The Bertz CT molecular complexity index is 1460. The van der Waals surface area contributed by atoms with Gasteiger partial charge in [0.25, 0.3) is 11.7 Å². The average Bonchev–Trinajstić information content (AvgIpc) is 3.13.